The number of benzene rings is 3. The molecule has 1 amide bonds. The van der Waals surface area contributed by atoms with Gasteiger partial charge in [0.25, 0.3) is 11.6 Å². The monoisotopic (exact) mass is 491 g/mol. The van der Waals surface area contributed by atoms with Gasteiger partial charge in [-0.1, -0.05) is 23.7 Å². The standard InChI is InChI=1S/C25H18ClN3O6/c1-15-3-9-20(29(32)33)13-21(15)28-24(30)18(14-27)11-16-4-10-22(23(12-16)34-2)35-25(31)17-5-7-19(26)8-6-17/h3-13H,1-2H3,(H,28,30)/b18-11+. The van der Waals surface area contributed by atoms with Gasteiger partial charge in [0.2, 0.25) is 0 Å². The summed E-state index contributed by atoms with van der Waals surface area (Å²) in [7, 11) is 1.38. The molecule has 0 aromatic heterocycles. The summed E-state index contributed by atoms with van der Waals surface area (Å²) in [5.41, 5.74) is 1.09. The second-order valence-corrected chi connectivity index (χ2v) is 7.62. The van der Waals surface area contributed by atoms with E-state index >= 15 is 0 Å². The van der Waals surface area contributed by atoms with Gasteiger partial charge in [0.1, 0.15) is 11.6 Å². The van der Waals surface area contributed by atoms with E-state index in [4.69, 9.17) is 21.1 Å². The molecule has 0 saturated heterocycles. The van der Waals surface area contributed by atoms with E-state index in [1.807, 2.05) is 6.07 Å². The van der Waals surface area contributed by atoms with Gasteiger partial charge in [0, 0.05) is 17.2 Å². The Kier molecular flexibility index (Phi) is 7.81. The van der Waals surface area contributed by atoms with Gasteiger partial charge in [-0.3, -0.25) is 14.9 Å². The van der Waals surface area contributed by atoms with Crippen LogP contribution in [0.15, 0.2) is 66.2 Å². The Labute approximate surface area is 205 Å². The van der Waals surface area contributed by atoms with Gasteiger partial charge in [0.05, 0.1) is 23.3 Å². The molecule has 0 radical (unpaired) electrons. The number of nitrogens with one attached hydrogen (secondary N) is 1. The van der Waals surface area contributed by atoms with Crippen molar-refractivity contribution in [2.24, 2.45) is 0 Å². The van der Waals surface area contributed by atoms with Gasteiger partial charge in [-0.15, -0.1) is 0 Å². The van der Waals surface area contributed by atoms with Gasteiger partial charge in [-0.25, -0.2) is 4.79 Å². The minimum atomic E-state index is -0.742. The Morgan fingerprint density at radius 3 is 2.43 bits per heavy atom. The zero-order valence-electron chi connectivity index (χ0n) is 18.6. The lowest BCUT2D eigenvalue weighted by Crippen LogP contribution is -2.14. The molecule has 0 heterocycles. The number of nitrogens with zero attached hydrogens (tertiary/aromatic N) is 2. The Morgan fingerprint density at radius 1 is 1.09 bits per heavy atom. The van der Waals surface area contributed by atoms with Crippen LogP contribution in [0.25, 0.3) is 6.08 Å². The number of nitro benzene ring substituents is 1. The minimum absolute atomic E-state index is 0.139. The van der Waals surface area contributed by atoms with Crippen molar-refractivity contribution in [1.29, 1.82) is 5.26 Å². The van der Waals surface area contributed by atoms with Crippen LogP contribution in [0.4, 0.5) is 11.4 Å². The number of nitriles is 1. The predicted octanol–water partition coefficient (Wildman–Crippen LogP) is 5.33. The molecule has 10 heteroatoms. The number of methoxy groups -OCH3 is 1. The summed E-state index contributed by atoms with van der Waals surface area (Å²) >= 11 is 5.83. The van der Waals surface area contributed by atoms with Crippen LogP contribution in [0.5, 0.6) is 11.5 Å². The molecular weight excluding hydrogens is 474 g/mol. The third-order valence-corrected chi connectivity index (χ3v) is 5.08. The fraction of sp³-hybridized carbons (Fsp3) is 0.0800. The van der Waals surface area contributed by atoms with E-state index in [1.165, 1.54) is 61.7 Å². The number of esters is 1. The van der Waals surface area contributed by atoms with Gasteiger partial charge < -0.3 is 14.8 Å². The van der Waals surface area contributed by atoms with E-state index in [0.29, 0.717) is 21.7 Å². The minimum Gasteiger partial charge on any atom is -0.493 e. The maximum Gasteiger partial charge on any atom is 0.343 e. The molecule has 0 fully saturated rings. The smallest absolute Gasteiger partial charge is 0.343 e. The van der Waals surface area contributed by atoms with E-state index in [2.05, 4.69) is 5.32 Å². The zero-order chi connectivity index (χ0) is 25.5. The summed E-state index contributed by atoms with van der Waals surface area (Å²) in [5, 5.41) is 23.5. The fourth-order valence-corrected chi connectivity index (χ4v) is 3.09. The lowest BCUT2D eigenvalue weighted by molar-refractivity contribution is -0.384. The van der Waals surface area contributed by atoms with Crippen LogP contribution in [-0.2, 0) is 4.79 Å². The van der Waals surface area contributed by atoms with Crippen molar-refractivity contribution < 1.29 is 24.0 Å². The largest absolute Gasteiger partial charge is 0.493 e. The lowest BCUT2D eigenvalue weighted by Gasteiger charge is -2.11. The zero-order valence-corrected chi connectivity index (χ0v) is 19.3. The number of anilines is 1. The third-order valence-electron chi connectivity index (χ3n) is 4.83. The van der Waals surface area contributed by atoms with Crippen LogP contribution in [0.3, 0.4) is 0 Å². The molecule has 0 aliphatic rings. The molecule has 0 atom stereocenters. The van der Waals surface area contributed by atoms with Crippen molar-refractivity contribution in [3.05, 3.63) is 98.1 Å². The molecule has 0 bridgehead atoms. The number of amides is 1. The van der Waals surface area contributed by atoms with Crippen LogP contribution in [-0.4, -0.2) is 23.9 Å². The molecule has 176 valence electrons. The number of hydrogen-bond acceptors (Lipinski definition) is 7. The Morgan fingerprint density at radius 2 is 1.80 bits per heavy atom. The maximum absolute atomic E-state index is 12.6. The second kappa shape index (κ2) is 11.0. The van der Waals surface area contributed by atoms with Crippen LogP contribution in [0.2, 0.25) is 5.02 Å². The van der Waals surface area contributed by atoms with Crippen molar-refractivity contribution in [2.75, 3.05) is 12.4 Å². The van der Waals surface area contributed by atoms with Crippen molar-refractivity contribution in [3.63, 3.8) is 0 Å². The molecule has 0 unspecified atom stereocenters. The molecule has 3 aromatic rings. The normalized spacial score (nSPS) is 10.7. The molecule has 3 rings (SSSR count). The van der Waals surface area contributed by atoms with E-state index in [0.717, 1.165) is 0 Å². The Bertz CT molecular complexity index is 1380. The van der Waals surface area contributed by atoms with Crippen molar-refractivity contribution in [1.82, 2.24) is 0 Å². The van der Waals surface area contributed by atoms with E-state index in [-0.39, 0.29) is 28.4 Å². The first-order chi connectivity index (χ1) is 16.7. The highest BCUT2D eigenvalue weighted by Gasteiger charge is 2.16. The SMILES string of the molecule is COc1cc(/C=C(\C#N)C(=O)Nc2cc([N+](=O)[O-])ccc2C)ccc1OC(=O)c1ccc(Cl)cc1. The topological polar surface area (TPSA) is 132 Å². The molecule has 0 aliphatic carbocycles. The van der Waals surface area contributed by atoms with Crippen LogP contribution < -0.4 is 14.8 Å². The number of hydrogen-bond donors (Lipinski definition) is 1. The van der Waals surface area contributed by atoms with Crippen LogP contribution in [0, 0.1) is 28.4 Å². The quantitative estimate of drug-likeness (QED) is 0.118. The number of carbonyl (C=O) groups is 2. The second-order valence-electron chi connectivity index (χ2n) is 7.19. The maximum atomic E-state index is 12.6. The summed E-state index contributed by atoms with van der Waals surface area (Å²) < 4.78 is 10.7. The number of non-ortho nitro benzene ring substituents is 1. The average Bonchev–Trinajstić information content (AvgIpc) is 2.84. The summed E-state index contributed by atoms with van der Waals surface area (Å²) in [4.78, 5) is 35.5. The number of rotatable bonds is 7. The molecule has 0 spiro atoms. The lowest BCUT2D eigenvalue weighted by atomic mass is 10.1. The highest BCUT2D eigenvalue weighted by atomic mass is 35.5. The third kappa shape index (κ3) is 6.22. The summed E-state index contributed by atoms with van der Waals surface area (Å²) in [6, 6.07) is 16.5. The van der Waals surface area contributed by atoms with Gasteiger partial charge in [-0.2, -0.15) is 5.26 Å². The number of nitro groups is 1. The molecule has 0 aliphatic heterocycles. The van der Waals surface area contributed by atoms with Gasteiger partial charge >= 0.3 is 5.97 Å². The van der Waals surface area contributed by atoms with E-state index in [1.54, 1.807) is 19.1 Å². The number of halogens is 1. The average molecular weight is 492 g/mol. The molecule has 1 N–H and O–H groups in total. The summed E-state index contributed by atoms with van der Waals surface area (Å²) in [5.74, 6) is -1.02. The van der Waals surface area contributed by atoms with E-state index in [9.17, 15) is 25.0 Å². The van der Waals surface area contributed by atoms with Crippen molar-refractivity contribution in [2.45, 2.75) is 6.92 Å². The van der Waals surface area contributed by atoms with E-state index < -0.39 is 16.8 Å². The summed E-state index contributed by atoms with van der Waals surface area (Å²) in [6.07, 6.45) is 1.31. The highest BCUT2D eigenvalue weighted by Crippen LogP contribution is 2.30. The first-order valence-corrected chi connectivity index (χ1v) is 10.4. The highest BCUT2D eigenvalue weighted by molar-refractivity contribution is 6.30. The first-order valence-electron chi connectivity index (χ1n) is 10.1. The predicted molar refractivity (Wildman–Crippen MR) is 129 cm³/mol. The fourth-order valence-electron chi connectivity index (χ4n) is 2.97. The summed E-state index contributed by atoms with van der Waals surface area (Å²) in [6.45, 7) is 1.67. The van der Waals surface area contributed by atoms with Crippen LogP contribution >= 0.6 is 11.6 Å². The molecule has 9 nitrogen and oxygen atoms in total. The first kappa shape index (κ1) is 25.0. The van der Waals surface area contributed by atoms with Gasteiger partial charge in [-0.05, 0) is 60.5 Å². The van der Waals surface area contributed by atoms with Crippen LogP contribution in [0.1, 0.15) is 21.5 Å². The molecule has 35 heavy (non-hydrogen) atoms. The van der Waals surface area contributed by atoms with Crippen molar-refractivity contribution in [3.8, 4) is 17.6 Å². The van der Waals surface area contributed by atoms with Crippen molar-refractivity contribution >= 4 is 40.9 Å². The number of ether oxygens (including phenoxy) is 2. The molecule has 3 aromatic carbocycles. The molecular formula is C25H18ClN3O6. The molecule has 0 saturated carbocycles. The Hall–Kier alpha value is -4.68. The Balaban J connectivity index is 1.82. The number of carbonyl (C=O) groups excluding carboxylic acids is 2. The van der Waals surface area contributed by atoms with Gasteiger partial charge in [0.15, 0.2) is 11.5 Å². The number of aryl methyl sites for hydroxylation is 1.